The molecule has 4 nitrogen and oxygen atoms in total. The molecule has 0 spiro atoms. The number of nitrogens with zero attached hydrogens (tertiary/aromatic N) is 1. The summed E-state index contributed by atoms with van der Waals surface area (Å²) in [7, 11) is 0. The fourth-order valence-corrected chi connectivity index (χ4v) is 2.28. The molecule has 0 saturated heterocycles. The zero-order valence-electron chi connectivity index (χ0n) is 9.97. The van der Waals surface area contributed by atoms with Crippen molar-refractivity contribution in [2.24, 2.45) is 0 Å². The van der Waals surface area contributed by atoms with E-state index in [0.717, 1.165) is 29.9 Å². The van der Waals surface area contributed by atoms with E-state index >= 15 is 0 Å². The van der Waals surface area contributed by atoms with Gasteiger partial charge in [-0.1, -0.05) is 12.1 Å². The van der Waals surface area contributed by atoms with Crippen LogP contribution in [0.3, 0.4) is 0 Å². The molecule has 1 aliphatic rings. The SMILES string of the molecule is Oc1ccc(Cc2nc3c(o2)CC(O)CC3)cc1. The van der Waals surface area contributed by atoms with Crippen molar-refractivity contribution in [3.8, 4) is 5.75 Å². The first-order valence-electron chi connectivity index (χ1n) is 6.14. The van der Waals surface area contributed by atoms with E-state index in [0.29, 0.717) is 18.7 Å². The molecule has 0 fully saturated rings. The van der Waals surface area contributed by atoms with Crippen LogP contribution in [0.2, 0.25) is 0 Å². The number of aromatic nitrogens is 1. The molecule has 3 rings (SSSR count). The summed E-state index contributed by atoms with van der Waals surface area (Å²) in [6.45, 7) is 0. The molecular formula is C14H15NO3. The van der Waals surface area contributed by atoms with Crippen molar-refractivity contribution in [1.29, 1.82) is 0 Å². The van der Waals surface area contributed by atoms with E-state index in [9.17, 15) is 10.2 Å². The van der Waals surface area contributed by atoms with Gasteiger partial charge in [0, 0.05) is 12.8 Å². The summed E-state index contributed by atoms with van der Waals surface area (Å²) in [6, 6.07) is 7.02. The van der Waals surface area contributed by atoms with E-state index in [4.69, 9.17) is 4.42 Å². The summed E-state index contributed by atoms with van der Waals surface area (Å²) < 4.78 is 5.68. The maximum absolute atomic E-state index is 9.57. The Kier molecular flexibility index (Phi) is 2.80. The van der Waals surface area contributed by atoms with Gasteiger partial charge in [-0.2, -0.15) is 0 Å². The molecule has 1 unspecified atom stereocenters. The zero-order chi connectivity index (χ0) is 12.5. The number of aliphatic hydroxyl groups excluding tert-OH is 1. The highest BCUT2D eigenvalue weighted by Gasteiger charge is 2.22. The molecule has 0 amide bonds. The largest absolute Gasteiger partial charge is 0.508 e. The standard InChI is InChI=1S/C14H15NO3/c16-10-3-1-9(2-4-10)7-14-15-12-6-5-11(17)8-13(12)18-14/h1-4,11,16-17H,5-8H2. The summed E-state index contributed by atoms with van der Waals surface area (Å²) in [5.74, 6) is 1.76. The maximum Gasteiger partial charge on any atom is 0.199 e. The Bertz CT molecular complexity index is 545. The number of benzene rings is 1. The predicted octanol–water partition coefficient (Wildman–Crippen LogP) is 1.82. The monoisotopic (exact) mass is 245 g/mol. The molecule has 1 heterocycles. The molecule has 1 aromatic carbocycles. The second-order valence-electron chi connectivity index (χ2n) is 4.72. The van der Waals surface area contributed by atoms with Gasteiger partial charge in [0.05, 0.1) is 11.8 Å². The number of hydrogen-bond donors (Lipinski definition) is 2. The van der Waals surface area contributed by atoms with Crippen molar-refractivity contribution in [2.45, 2.75) is 31.8 Å². The quantitative estimate of drug-likeness (QED) is 0.847. The third-order valence-electron chi connectivity index (χ3n) is 3.25. The van der Waals surface area contributed by atoms with Crippen LogP contribution in [-0.2, 0) is 19.3 Å². The van der Waals surface area contributed by atoms with E-state index in [1.54, 1.807) is 12.1 Å². The highest BCUT2D eigenvalue weighted by Crippen LogP contribution is 2.23. The minimum Gasteiger partial charge on any atom is -0.508 e. The molecule has 0 bridgehead atoms. The van der Waals surface area contributed by atoms with Crippen LogP contribution in [0.4, 0.5) is 0 Å². The van der Waals surface area contributed by atoms with Gasteiger partial charge in [0.2, 0.25) is 0 Å². The molecule has 1 atom stereocenters. The number of rotatable bonds is 2. The van der Waals surface area contributed by atoms with Gasteiger partial charge in [0.15, 0.2) is 5.89 Å². The first-order chi connectivity index (χ1) is 8.70. The molecular weight excluding hydrogens is 230 g/mol. The Hall–Kier alpha value is -1.81. The van der Waals surface area contributed by atoms with Gasteiger partial charge < -0.3 is 14.6 Å². The highest BCUT2D eigenvalue weighted by molar-refractivity contribution is 5.28. The number of hydrogen-bond acceptors (Lipinski definition) is 4. The van der Waals surface area contributed by atoms with Gasteiger partial charge in [0.25, 0.3) is 0 Å². The van der Waals surface area contributed by atoms with Gasteiger partial charge in [-0.05, 0) is 30.5 Å². The second kappa shape index (κ2) is 4.46. The molecule has 2 aromatic rings. The predicted molar refractivity (Wildman–Crippen MR) is 65.4 cm³/mol. The molecule has 0 saturated carbocycles. The van der Waals surface area contributed by atoms with Gasteiger partial charge in [-0.25, -0.2) is 4.98 Å². The van der Waals surface area contributed by atoms with Crippen LogP contribution in [0.1, 0.15) is 29.3 Å². The van der Waals surface area contributed by atoms with Crippen molar-refractivity contribution in [2.75, 3.05) is 0 Å². The molecule has 4 heteroatoms. The summed E-state index contributed by atoms with van der Waals surface area (Å²) in [4.78, 5) is 4.46. The van der Waals surface area contributed by atoms with Crippen LogP contribution < -0.4 is 0 Å². The molecule has 0 radical (unpaired) electrons. The molecule has 94 valence electrons. The lowest BCUT2D eigenvalue weighted by molar-refractivity contribution is 0.149. The van der Waals surface area contributed by atoms with Crippen LogP contribution in [0.25, 0.3) is 0 Å². The summed E-state index contributed by atoms with van der Waals surface area (Å²) in [5, 5.41) is 18.8. The Morgan fingerprint density at radius 2 is 2.06 bits per heavy atom. The van der Waals surface area contributed by atoms with Crippen molar-refractivity contribution in [3.05, 3.63) is 47.2 Å². The average molecular weight is 245 g/mol. The topological polar surface area (TPSA) is 66.5 Å². The molecule has 1 aromatic heterocycles. The van der Waals surface area contributed by atoms with Crippen LogP contribution in [0.15, 0.2) is 28.7 Å². The van der Waals surface area contributed by atoms with E-state index in [1.807, 2.05) is 12.1 Å². The summed E-state index contributed by atoms with van der Waals surface area (Å²) in [6.07, 6.45) is 2.43. The summed E-state index contributed by atoms with van der Waals surface area (Å²) >= 11 is 0. The fraction of sp³-hybridized carbons (Fsp3) is 0.357. The van der Waals surface area contributed by atoms with E-state index in [-0.39, 0.29) is 11.9 Å². The number of oxazole rings is 1. The lowest BCUT2D eigenvalue weighted by Gasteiger charge is -2.13. The Morgan fingerprint density at radius 3 is 2.83 bits per heavy atom. The van der Waals surface area contributed by atoms with Crippen molar-refractivity contribution in [3.63, 3.8) is 0 Å². The molecule has 18 heavy (non-hydrogen) atoms. The minimum absolute atomic E-state index is 0.258. The fourth-order valence-electron chi connectivity index (χ4n) is 2.28. The van der Waals surface area contributed by atoms with Crippen molar-refractivity contribution in [1.82, 2.24) is 4.98 Å². The van der Waals surface area contributed by atoms with Gasteiger partial charge in [-0.15, -0.1) is 0 Å². The second-order valence-corrected chi connectivity index (χ2v) is 4.72. The lowest BCUT2D eigenvalue weighted by Crippen LogP contribution is -2.17. The maximum atomic E-state index is 9.57. The molecule has 0 aliphatic heterocycles. The lowest BCUT2D eigenvalue weighted by atomic mass is 9.99. The first-order valence-corrected chi connectivity index (χ1v) is 6.14. The smallest absolute Gasteiger partial charge is 0.199 e. The average Bonchev–Trinajstić information content (AvgIpc) is 2.73. The zero-order valence-corrected chi connectivity index (χ0v) is 9.97. The number of aryl methyl sites for hydroxylation is 1. The van der Waals surface area contributed by atoms with Crippen molar-refractivity contribution >= 4 is 0 Å². The number of aromatic hydroxyl groups is 1. The molecule has 2 N–H and O–H groups in total. The van der Waals surface area contributed by atoms with Crippen LogP contribution in [0.5, 0.6) is 5.75 Å². The normalized spacial score (nSPS) is 18.6. The van der Waals surface area contributed by atoms with E-state index in [1.165, 1.54) is 0 Å². The Labute approximate surface area is 105 Å². The van der Waals surface area contributed by atoms with Crippen LogP contribution in [-0.4, -0.2) is 21.3 Å². The minimum atomic E-state index is -0.299. The number of fused-ring (bicyclic) bond motifs is 1. The molecule has 1 aliphatic carbocycles. The van der Waals surface area contributed by atoms with Crippen LogP contribution in [0, 0.1) is 0 Å². The van der Waals surface area contributed by atoms with E-state index < -0.39 is 0 Å². The third kappa shape index (κ3) is 2.24. The Balaban J connectivity index is 1.79. The van der Waals surface area contributed by atoms with E-state index in [2.05, 4.69) is 4.98 Å². The number of phenolic OH excluding ortho intramolecular Hbond substituents is 1. The number of phenols is 1. The van der Waals surface area contributed by atoms with Crippen LogP contribution >= 0.6 is 0 Å². The number of aliphatic hydroxyl groups is 1. The van der Waals surface area contributed by atoms with Crippen molar-refractivity contribution < 1.29 is 14.6 Å². The van der Waals surface area contributed by atoms with Gasteiger partial charge in [-0.3, -0.25) is 0 Å². The van der Waals surface area contributed by atoms with Gasteiger partial charge >= 0.3 is 0 Å². The summed E-state index contributed by atoms with van der Waals surface area (Å²) in [5.41, 5.74) is 2.03. The third-order valence-corrected chi connectivity index (χ3v) is 3.25. The Morgan fingerprint density at radius 1 is 1.28 bits per heavy atom. The van der Waals surface area contributed by atoms with Gasteiger partial charge in [0.1, 0.15) is 11.5 Å². The highest BCUT2D eigenvalue weighted by atomic mass is 16.4. The first kappa shape index (κ1) is 11.3.